The smallest absolute Gasteiger partial charge is 0.0324 e. The van der Waals surface area contributed by atoms with Crippen LogP contribution in [0.4, 0.5) is 4.70 Å². The second-order valence-electron chi connectivity index (χ2n) is 0. The Morgan fingerprint density at radius 3 is 1.25 bits per heavy atom. The summed E-state index contributed by atoms with van der Waals surface area (Å²) >= 11 is 3.33. The average Bonchev–Trinajstić information content (AvgIpc) is 1.00. The van der Waals surface area contributed by atoms with E-state index in [-0.39, 0.29) is 10.9 Å². The number of hydrogen-bond donors (Lipinski definition) is 2. The first-order valence-corrected chi connectivity index (χ1v) is 0.612. The Hall–Kier alpha value is -0.0900. The SMILES string of the molecule is F.N.N=S. The summed E-state index contributed by atoms with van der Waals surface area (Å²) in [4.78, 5) is 0. The van der Waals surface area contributed by atoms with E-state index in [2.05, 4.69) is 12.4 Å². The van der Waals surface area contributed by atoms with Crippen LogP contribution in [-0.4, -0.2) is 0 Å². The molecule has 28 valence electrons. The molecule has 0 saturated carbocycles. The van der Waals surface area contributed by atoms with Gasteiger partial charge in [-0.25, -0.2) is 4.78 Å². The van der Waals surface area contributed by atoms with Crippen LogP contribution in [0.15, 0.2) is 0 Å². The highest BCUT2D eigenvalue weighted by Crippen LogP contribution is 0.749. The third kappa shape index (κ3) is 195. The Morgan fingerprint density at radius 2 is 1.25 bits per heavy atom. The topological polar surface area (TPSA) is 58.9 Å². The fourth-order valence-electron chi connectivity index (χ4n) is 0. The Labute approximate surface area is 29.1 Å². The van der Waals surface area contributed by atoms with Gasteiger partial charge < -0.3 is 6.15 Å². The normalized spacial score (nSPS) is 1.00. The Bertz CT molecular complexity index is 6.00. The van der Waals surface area contributed by atoms with E-state index in [1.165, 1.54) is 0 Å². The highest BCUT2D eigenvalue weighted by atomic mass is 32.1. The molecule has 0 saturated heterocycles. The Kier molecular flexibility index (Phi) is 13100. The molecular formula is H5FN2S. The second kappa shape index (κ2) is 1310. The molecule has 0 aliphatic rings. The van der Waals surface area contributed by atoms with Crippen LogP contribution in [0.2, 0.25) is 0 Å². The zero-order valence-electron chi connectivity index (χ0n) is 2.02. The molecule has 0 spiro atoms. The van der Waals surface area contributed by atoms with Crippen LogP contribution in [0.5, 0.6) is 0 Å². The van der Waals surface area contributed by atoms with Crippen molar-refractivity contribution in [3.05, 3.63) is 0 Å². The summed E-state index contributed by atoms with van der Waals surface area (Å²) < 4.78 is 5.33. The molecule has 4 heteroatoms. The van der Waals surface area contributed by atoms with Gasteiger partial charge in [0, 0.05) is 12.4 Å². The molecule has 0 aromatic rings. The lowest BCUT2D eigenvalue weighted by Gasteiger charge is -0.821. The molecule has 0 aromatic carbocycles. The fourth-order valence-corrected chi connectivity index (χ4v) is 0. The minimum Gasteiger partial charge on any atom is -0.344 e. The first-order chi connectivity index (χ1) is 1.00. The van der Waals surface area contributed by atoms with Crippen molar-refractivity contribution in [1.82, 2.24) is 6.15 Å². The molecule has 0 aliphatic heterocycles. The average molecular weight is 84.1 g/mol. The number of nitrogens with one attached hydrogen (secondary N) is 1. The minimum atomic E-state index is 0. The van der Waals surface area contributed by atoms with Crippen molar-refractivity contribution >= 4 is 12.4 Å². The molecule has 0 fully saturated rings. The summed E-state index contributed by atoms with van der Waals surface area (Å²) in [5.41, 5.74) is 0. The Balaban J connectivity index is -0.00000000500. The summed E-state index contributed by atoms with van der Waals surface area (Å²) in [5.74, 6) is 0. The van der Waals surface area contributed by atoms with Crippen LogP contribution in [0.1, 0.15) is 0 Å². The van der Waals surface area contributed by atoms with Gasteiger partial charge >= 0.3 is 0 Å². The lowest BCUT2D eigenvalue weighted by atomic mass is 14.0. The van der Waals surface area contributed by atoms with Crippen LogP contribution >= 0.6 is 0 Å². The van der Waals surface area contributed by atoms with E-state index >= 15 is 0 Å². The van der Waals surface area contributed by atoms with Crippen LogP contribution in [0.25, 0.3) is 0 Å². The quantitative estimate of drug-likeness (QED) is 0.451. The predicted molar refractivity (Wildman–Crippen MR) is 17.6 cm³/mol. The van der Waals surface area contributed by atoms with Gasteiger partial charge in [0.25, 0.3) is 0 Å². The molecule has 0 radical (unpaired) electrons. The van der Waals surface area contributed by atoms with E-state index < -0.39 is 0 Å². The van der Waals surface area contributed by atoms with Crippen LogP contribution in [0.3, 0.4) is 0 Å². The monoisotopic (exact) mass is 84.0 g/mol. The van der Waals surface area contributed by atoms with Crippen molar-refractivity contribution in [3.63, 3.8) is 0 Å². The molecule has 0 amide bonds. The first kappa shape index (κ1) is 40.0. The molecule has 4 N–H and O–H groups in total. The van der Waals surface area contributed by atoms with E-state index in [1.54, 1.807) is 0 Å². The Morgan fingerprint density at radius 1 is 1.25 bits per heavy atom. The van der Waals surface area contributed by atoms with E-state index in [0.29, 0.717) is 0 Å². The first-order valence-electron chi connectivity index (χ1n) is 0.204. The maximum Gasteiger partial charge on any atom is 0.0324 e. The molecule has 0 unspecified atom stereocenters. The summed E-state index contributed by atoms with van der Waals surface area (Å²) in [6.45, 7) is 0. The van der Waals surface area contributed by atoms with Gasteiger partial charge in [0.1, 0.15) is 0 Å². The van der Waals surface area contributed by atoms with Crippen molar-refractivity contribution in [2.24, 2.45) is 0 Å². The van der Waals surface area contributed by atoms with Gasteiger partial charge in [-0.15, -0.1) is 0 Å². The van der Waals surface area contributed by atoms with Crippen LogP contribution in [-0.2, 0) is 12.4 Å². The minimum absolute atomic E-state index is 0. The van der Waals surface area contributed by atoms with Crippen molar-refractivity contribution in [3.8, 4) is 0 Å². The highest BCUT2D eigenvalue weighted by molar-refractivity contribution is 7.45. The molecular weight excluding hydrogens is 79.1 g/mol. The second-order valence-corrected chi connectivity index (χ2v) is 0. The number of hydrogen-bond acceptors (Lipinski definition) is 3. The van der Waals surface area contributed by atoms with Gasteiger partial charge in [0.05, 0.1) is 0 Å². The van der Waals surface area contributed by atoms with Gasteiger partial charge in [0.2, 0.25) is 0 Å². The van der Waals surface area contributed by atoms with E-state index in [4.69, 9.17) is 4.78 Å². The van der Waals surface area contributed by atoms with Gasteiger partial charge in [-0.1, -0.05) is 0 Å². The molecule has 0 atom stereocenters. The van der Waals surface area contributed by atoms with Crippen molar-refractivity contribution in [2.75, 3.05) is 0 Å². The summed E-state index contributed by atoms with van der Waals surface area (Å²) in [5, 5.41) is 0. The predicted octanol–water partition coefficient (Wildman–Crippen LogP) is 0.610. The number of rotatable bonds is 0. The molecule has 0 aromatic heterocycles. The third-order valence-electron chi connectivity index (χ3n) is 0. The standard InChI is InChI=1S/FH.HNS.H3N/c;1-2;/h1H;1H;1H3. The van der Waals surface area contributed by atoms with Crippen molar-refractivity contribution in [2.45, 2.75) is 0 Å². The lowest BCUT2D eigenvalue weighted by molar-refractivity contribution is 1.11. The molecule has 0 aliphatic carbocycles. The molecule has 0 bridgehead atoms. The lowest BCUT2D eigenvalue weighted by Crippen LogP contribution is -0.668. The summed E-state index contributed by atoms with van der Waals surface area (Å²) in [6, 6.07) is 0. The van der Waals surface area contributed by atoms with E-state index in [9.17, 15) is 0 Å². The van der Waals surface area contributed by atoms with Gasteiger partial charge in [-0.05, 0) is 0 Å². The maximum absolute atomic E-state index is 5.33. The molecule has 0 heterocycles. The molecule has 2 nitrogen and oxygen atoms in total. The zero-order valence-corrected chi connectivity index (χ0v) is 2.84. The van der Waals surface area contributed by atoms with Gasteiger partial charge in [0.15, 0.2) is 0 Å². The van der Waals surface area contributed by atoms with Gasteiger partial charge in [-0.3, -0.25) is 4.70 Å². The summed E-state index contributed by atoms with van der Waals surface area (Å²) in [7, 11) is 0. The maximum atomic E-state index is 5.33. The highest BCUT2D eigenvalue weighted by Gasteiger charge is 0.618. The summed E-state index contributed by atoms with van der Waals surface area (Å²) in [6.07, 6.45) is 0. The van der Waals surface area contributed by atoms with E-state index in [0.717, 1.165) is 0 Å². The van der Waals surface area contributed by atoms with Crippen molar-refractivity contribution in [1.29, 1.82) is 4.78 Å². The van der Waals surface area contributed by atoms with Crippen LogP contribution < -0.4 is 6.15 Å². The van der Waals surface area contributed by atoms with Crippen molar-refractivity contribution < 1.29 is 4.70 Å². The van der Waals surface area contributed by atoms with Crippen LogP contribution in [0, 0.1) is 4.78 Å². The van der Waals surface area contributed by atoms with E-state index in [1.807, 2.05) is 0 Å². The van der Waals surface area contributed by atoms with Gasteiger partial charge in [-0.2, -0.15) is 0 Å². The third-order valence-corrected chi connectivity index (χ3v) is 0. The molecule has 4 heavy (non-hydrogen) atoms. The largest absolute Gasteiger partial charge is 0.344 e. The molecule has 0 rings (SSSR count). The zero-order chi connectivity index (χ0) is 2.00. The number of halogens is 1. The fraction of sp³-hybridized carbons (Fsp3) is 0.